The fourth-order valence-electron chi connectivity index (χ4n) is 4.18. The number of nitrogens with zero attached hydrogens (tertiary/aromatic N) is 5. The van der Waals surface area contributed by atoms with E-state index in [9.17, 15) is 9.59 Å². The molecule has 2 fully saturated rings. The fourth-order valence-corrected chi connectivity index (χ4v) is 4.18. The van der Waals surface area contributed by atoms with Crippen molar-refractivity contribution >= 4 is 16.8 Å². The molecule has 2 aromatic rings. The first-order valence-electron chi connectivity index (χ1n) is 10.1. The number of hydrogen-bond donors (Lipinski definition) is 0. The Hall–Kier alpha value is -2.28. The molecule has 3 heterocycles. The molecular weight excluding hydrogens is 342 g/mol. The van der Waals surface area contributed by atoms with E-state index >= 15 is 0 Å². The Morgan fingerprint density at radius 2 is 1.70 bits per heavy atom. The van der Waals surface area contributed by atoms with Gasteiger partial charge >= 0.3 is 0 Å². The molecule has 0 saturated carbocycles. The van der Waals surface area contributed by atoms with Crippen LogP contribution in [-0.2, 0) is 11.5 Å². The SMILES string of the molecule is O=C(C1CCN(Cn2nnc3ccccc3c2=O)CC1)N1CCCCCC1. The third-order valence-electron chi connectivity index (χ3n) is 5.82. The quantitative estimate of drug-likeness (QED) is 0.826. The van der Waals surface area contributed by atoms with Crippen LogP contribution in [0.2, 0.25) is 0 Å². The molecule has 0 radical (unpaired) electrons. The molecule has 0 unspecified atom stereocenters. The van der Waals surface area contributed by atoms with E-state index in [0.717, 1.165) is 51.9 Å². The molecule has 0 atom stereocenters. The number of hydrogen-bond acceptors (Lipinski definition) is 5. The number of carbonyl (C=O) groups is 1. The van der Waals surface area contributed by atoms with Crippen LogP contribution in [0.1, 0.15) is 38.5 Å². The van der Waals surface area contributed by atoms with Gasteiger partial charge in [-0.2, -0.15) is 4.68 Å². The van der Waals surface area contributed by atoms with Crippen LogP contribution in [0.4, 0.5) is 0 Å². The molecule has 1 aromatic carbocycles. The second-order valence-electron chi connectivity index (χ2n) is 7.68. The molecule has 0 bridgehead atoms. The Labute approximate surface area is 158 Å². The highest BCUT2D eigenvalue weighted by atomic mass is 16.2. The molecule has 2 aliphatic heterocycles. The zero-order chi connectivity index (χ0) is 18.6. The zero-order valence-electron chi connectivity index (χ0n) is 15.7. The molecule has 0 N–H and O–H groups in total. The van der Waals surface area contributed by atoms with Gasteiger partial charge in [-0.05, 0) is 37.8 Å². The van der Waals surface area contributed by atoms with Crippen LogP contribution < -0.4 is 5.56 Å². The van der Waals surface area contributed by atoms with E-state index in [1.54, 1.807) is 12.1 Å². The highest BCUT2D eigenvalue weighted by molar-refractivity contribution is 5.79. The highest BCUT2D eigenvalue weighted by Gasteiger charge is 2.29. The monoisotopic (exact) mass is 369 g/mol. The minimum Gasteiger partial charge on any atom is -0.342 e. The molecule has 4 rings (SSSR count). The van der Waals surface area contributed by atoms with Crippen LogP contribution in [-0.4, -0.2) is 56.9 Å². The van der Waals surface area contributed by atoms with Crippen molar-refractivity contribution in [3.63, 3.8) is 0 Å². The van der Waals surface area contributed by atoms with Gasteiger partial charge in [0.15, 0.2) is 0 Å². The van der Waals surface area contributed by atoms with E-state index in [0.29, 0.717) is 23.5 Å². The summed E-state index contributed by atoms with van der Waals surface area (Å²) in [4.78, 5) is 29.7. The van der Waals surface area contributed by atoms with Gasteiger partial charge in [0, 0.05) is 32.1 Å². The molecule has 1 amide bonds. The predicted octanol–water partition coefficient (Wildman–Crippen LogP) is 1.86. The van der Waals surface area contributed by atoms with E-state index in [1.165, 1.54) is 17.5 Å². The van der Waals surface area contributed by atoms with Gasteiger partial charge < -0.3 is 4.90 Å². The summed E-state index contributed by atoms with van der Waals surface area (Å²) < 4.78 is 1.43. The first-order chi connectivity index (χ1) is 13.2. The third-order valence-corrected chi connectivity index (χ3v) is 5.82. The molecule has 2 aliphatic rings. The molecule has 2 saturated heterocycles. The summed E-state index contributed by atoms with van der Waals surface area (Å²) in [5, 5.41) is 8.82. The smallest absolute Gasteiger partial charge is 0.278 e. The summed E-state index contributed by atoms with van der Waals surface area (Å²) in [5.41, 5.74) is 0.517. The van der Waals surface area contributed by atoms with E-state index in [1.807, 2.05) is 12.1 Å². The Balaban J connectivity index is 1.36. The van der Waals surface area contributed by atoms with E-state index in [-0.39, 0.29) is 11.5 Å². The van der Waals surface area contributed by atoms with Gasteiger partial charge in [0.25, 0.3) is 5.56 Å². The van der Waals surface area contributed by atoms with E-state index in [2.05, 4.69) is 20.1 Å². The van der Waals surface area contributed by atoms with Crippen LogP contribution in [0.15, 0.2) is 29.1 Å². The molecular formula is C20H27N5O2. The standard InChI is InChI=1S/C20H27N5O2/c26-19(24-11-5-1-2-6-12-24)16-9-13-23(14-10-16)15-25-20(27)17-7-3-4-8-18(17)21-22-25/h3-4,7-8,16H,1-2,5-6,9-15H2. The number of likely N-dealkylation sites (tertiary alicyclic amines) is 2. The molecule has 144 valence electrons. The van der Waals surface area contributed by atoms with Crippen molar-refractivity contribution < 1.29 is 4.79 Å². The number of fused-ring (bicyclic) bond motifs is 1. The number of piperidine rings is 1. The lowest BCUT2D eigenvalue weighted by atomic mass is 9.95. The number of benzene rings is 1. The lowest BCUT2D eigenvalue weighted by Crippen LogP contribution is -2.44. The van der Waals surface area contributed by atoms with Gasteiger partial charge in [-0.1, -0.05) is 30.2 Å². The van der Waals surface area contributed by atoms with E-state index < -0.39 is 0 Å². The van der Waals surface area contributed by atoms with Crippen LogP contribution in [0.25, 0.3) is 10.9 Å². The molecule has 7 heteroatoms. The summed E-state index contributed by atoms with van der Waals surface area (Å²) in [6, 6.07) is 7.28. The van der Waals surface area contributed by atoms with Gasteiger partial charge in [-0.15, -0.1) is 5.10 Å². The van der Waals surface area contributed by atoms with Crippen molar-refractivity contribution in [2.45, 2.75) is 45.2 Å². The average molecular weight is 369 g/mol. The van der Waals surface area contributed by atoms with Crippen molar-refractivity contribution in [3.8, 4) is 0 Å². The lowest BCUT2D eigenvalue weighted by molar-refractivity contribution is -0.137. The number of carbonyl (C=O) groups excluding carboxylic acids is 1. The van der Waals surface area contributed by atoms with Crippen molar-refractivity contribution in [1.82, 2.24) is 24.8 Å². The number of aromatic nitrogens is 3. The largest absolute Gasteiger partial charge is 0.342 e. The molecule has 1 aromatic heterocycles. The summed E-state index contributed by atoms with van der Waals surface area (Å²) in [6.45, 7) is 3.89. The third kappa shape index (κ3) is 4.03. The minimum absolute atomic E-state index is 0.108. The summed E-state index contributed by atoms with van der Waals surface area (Å²) in [7, 11) is 0. The Morgan fingerprint density at radius 3 is 2.44 bits per heavy atom. The molecule has 27 heavy (non-hydrogen) atoms. The predicted molar refractivity (Wildman–Crippen MR) is 103 cm³/mol. The maximum Gasteiger partial charge on any atom is 0.278 e. The summed E-state index contributed by atoms with van der Waals surface area (Å²) >= 11 is 0. The van der Waals surface area contributed by atoms with Crippen molar-refractivity contribution in [3.05, 3.63) is 34.6 Å². The molecule has 0 spiro atoms. The number of rotatable bonds is 3. The van der Waals surface area contributed by atoms with Crippen LogP contribution in [0.5, 0.6) is 0 Å². The van der Waals surface area contributed by atoms with Crippen molar-refractivity contribution in [2.24, 2.45) is 5.92 Å². The van der Waals surface area contributed by atoms with E-state index in [4.69, 9.17) is 0 Å². The summed E-state index contributed by atoms with van der Waals surface area (Å²) in [6.07, 6.45) is 6.45. The first-order valence-corrected chi connectivity index (χ1v) is 10.1. The van der Waals surface area contributed by atoms with Crippen LogP contribution >= 0.6 is 0 Å². The van der Waals surface area contributed by atoms with Gasteiger partial charge in [-0.3, -0.25) is 14.5 Å². The number of amides is 1. The minimum atomic E-state index is -0.108. The Morgan fingerprint density at radius 1 is 1.00 bits per heavy atom. The van der Waals surface area contributed by atoms with Crippen molar-refractivity contribution in [2.75, 3.05) is 26.2 Å². The average Bonchev–Trinajstić information content (AvgIpc) is 3.00. The van der Waals surface area contributed by atoms with Crippen molar-refractivity contribution in [1.29, 1.82) is 0 Å². The normalized spacial score (nSPS) is 19.9. The zero-order valence-corrected chi connectivity index (χ0v) is 15.7. The lowest BCUT2D eigenvalue weighted by Gasteiger charge is -2.33. The van der Waals surface area contributed by atoms with Gasteiger partial charge in [0.05, 0.1) is 12.1 Å². The fraction of sp³-hybridized carbons (Fsp3) is 0.600. The second-order valence-corrected chi connectivity index (χ2v) is 7.68. The Kier molecular flexibility index (Phi) is 5.48. The maximum absolute atomic E-state index is 12.8. The highest BCUT2D eigenvalue weighted by Crippen LogP contribution is 2.22. The summed E-state index contributed by atoms with van der Waals surface area (Å²) in [5.74, 6) is 0.456. The second kappa shape index (κ2) is 8.17. The van der Waals surface area contributed by atoms with Crippen LogP contribution in [0, 0.1) is 5.92 Å². The van der Waals surface area contributed by atoms with Gasteiger partial charge in [0.1, 0.15) is 5.52 Å². The van der Waals surface area contributed by atoms with Gasteiger partial charge in [0.2, 0.25) is 5.91 Å². The molecule has 7 nitrogen and oxygen atoms in total. The topological polar surface area (TPSA) is 71.3 Å². The van der Waals surface area contributed by atoms with Gasteiger partial charge in [-0.25, -0.2) is 0 Å². The van der Waals surface area contributed by atoms with Crippen LogP contribution in [0.3, 0.4) is 0 Å². The maximum atomic E-state index is 12.8. The first kappa shape index (κ1) is 18.1. The Bertz CT molecular complexity index is 849. The molecule has 0 aliphatic carbocycles.